The fourth-order valence-corrected chi connectivity index (χ4v) is 5.52. The van der Waals surface area contributed by atoms with Gasteiger partial charge in [-0.25, -0.2) is 0 Å². The minimum absolute atomic E-state index is 1.11. The smallest absolute Gasteiger partial charge is 0.0414 e. The average molecular weight is 421 g/mol. The summed E-state index contributed by atoms with van der Waals surface area (Å²) in [6.07, 6.45) is 41.9. The van der Waals surface area contributed by atoms with E-state index in [-0.39, 0.29) is 0 Å². The van der Waals surface area contributed by atoms with Crippen LogP contribution in [0.3, 0.4) is 0 Å². The molecule has 0 amide bonds. The molecule has 1 aliphatic carbocycles. The molecule has 0 heterocycles. The molecule has 0 atom stereocenters. The van der Waals surface area contributed by atoms with Crippen molar-refractivity contribution >= 4 is 0 Å². The van der Waals surface area contributed by atoms with Gasteiger partial charge in [0.25, 0.3) is 0 Å². The summed E-state index contributed by atoms with van der Waals surface area (Å²) in [6.45, 7) is 2.31. The highest BCUT2D eigenvalue weighted by Crippen LogP contribution is 2.29. The maximum Gasteiger partial charge on any atom is -0.0414 e. The highest BCUT2D eigenvalue weighted by Gasteiger charge is 2.13. The van der Waals surface area contributed by atoms with Crippen LogP contribution >= 0.6 is 0 Å². The van der Waals surface area contributed by atoms with E-state index < -0.39 is 0 Å². The Bertz CT molecular complexity index is 301. The minimum atomic E-state index is 1.11. The molecule has 0 N–H and O–H groups in total. The van der Waals surface area contributed by atoms with E-state index in [0.29, 0.717) is 0 Å². The molecule has 0 unspecified atom stereocenters. The Morgan fingerprint density at radius 2 is 0.633 bits per heavy atom. The molecule has 0 aromatic rings. The third-order valence-corrected chi connectivity index (χ3v) is 7.69. The first-order valence-electron chi connectivity index (χ1n) is 14.9. The first-order valence-corrected chi connectivity index (χ1v) is 14.9. The Labute approximate surface area is 192 Å². The first kappa shape index (κ1) is 28.0. The van der Waals surface area contributed by atoms with Crippen LogP contribution in [0.5, 0.6) is 0 Å². The molecule has 1 fully saturated rings. The Morgan fingerprint density at radius 3 is 0.933 bits per heavy atom. The molecule has 1 saturated carbocycles. The van der Waals surface area contributed by atoms with E-state index in [1.54, 1.807) is 19.3 Å². The normalized spacial score (nSPS) is 14.7. The lowest BCUT2D eigenvalue weighted by molar-refractivity contribution is 0.459. The van der Waals surface area contributed by atoms with Crippen molar-refractivity contribution in [3.63, 3.8) is 0 Å². The van der Waals surface area contributed by atoms with E-state index in [9.17, 15) is 0 Å². The van der Waals surface area contributed by atoms with Crippen LogP contribution in [0.1, 0.15) is 187 Å². The zero-order valence-electron chi connectivity index (χ0n) is 21.4. The van der Waals surface area contributed by atoms with Crippen molar-refractivity contribution in [1.82, 2.24) is 0 Å². The lowest BCUT2D eigenvalue weighted by Crippen LogP contribution is -1.92. The molecule has 0 nitrogen and oxygen atoms in total. The van der Waals surface area contributed by atoms with Gasteiger partial charge in [0.15, 0.2) is 0 Å². The van der Waals surface area contributed by atoms with Crippen LogP contribution in [0.4, 0.5) is 0 Å². The van der Waals surface area contributed by atoms with Gasteiger partial charge in [0, 0.05) is 0 Å². The van der Waals surface area contributed by atoms with Crippen molar-refractivity contribution in [3.05, 3.63) is 0 Å². The first-order chi connectivity index (χ1) is 14.9. The van der Waals surface area contributed by atoms with E-state index >= 15 is 0 Å². The van der Waals surface area contributed by atoms with Crippen molar-refractivity contribution < 1.29 is 0 Å². The second-order valence-corrected chi connectivity index (χ2v) is 10.7. The second-order valence-electron chi connectivity index (χ2n) is 10.7. The summed E-state index contributed by atoms with van der Waals surface area (Å²) in [4.78, 5) is 0. The highest BCUT2D eigenvalue weighted by atomic mass is 14.2. The number of hydrogen-bond donors (Lipinski definition) is 0. The van der Waals surface area contributed by atoms with Crippen LogP contribution in [0, 0.1) is 5.92 Å². The molecule has 180 valence electrons. The van der Waals surface area contributed by atoms with Crippen LogP contribution in [0.25, 0.3) is 0 Å². The molecule has 0 radical (unpaired) electrons. The van der Waals surface area contributed by atoms with E-state index in [0.717, 1.165) is 5.92 Å². The highest BCUT2D eigenvalue weighted by molar-refractivity contribution is 4.67. The average Bonchev–Trinajstić information content (AvgIpc) is 3.28. The molecular weight excluding hydrogens is 360 g/mol. The molecule has 0 aliphatic heterocycles. The maximum atomic E-state index is 2.31. The summed E-state index contributed by atoms with van der Waals surface area (Å²) in [6, 6.07) is 0. The summed E-state index contributed by atoms with van der Waals surface area (Å²) >= 11 is 0. The SMILES string of the molecule is CCCCCCCCCCCCCCCCCCCCCCCCCC1CCCC1. The molecule has 1 aliphatic rings. The van der Waals surface area contributed by atoms with Gasteiger partial charge in [0.05, 0.1) is 0 Å². The van der Waals surface area contributed by atoms with Gasteiger partial charge in [0.2, 0.25) is 0 Å². The lowest BCUT2D eigenvalue weighted by atomic mass is 9.98. The molecule has 0 aromatic heterocycles. The standard InChI is InChI=1S/C30H60/c1-2-3-4-5-6-7-8-9-10-11-12-13-14-15-16-17-18-19-20-21-22-23-24-27-30-28-25-26-29-30/h30H,2-29H2,1H3. The zero-order chi connectivity index (χ0) is 21.4. The van der Waals surface area contributed by atoms with E-state index in [1.807, 2.05) is 0 Å². The van der Waals surface area contributed by atoms with Gasteiger partial charge in [-0.3, -0.25) is 0 Å². The van der Waals surface area contributed by atoms with Crippen LogP contribution < -0.4 is 0 Å². The molecule has 0 saturated heterocycles. The molecule has 0 spiro atoms. The quantitative estimate of drug-likeness (QED) is 0.136. The maximum absolute atomic E-state index is 2.31. The molecular formula is C30H60. The van der Waals surface area contributed by atoms with Crippen LogP contribution in [0.2, 0.25) is 0 Å². The fourth-order valence-electron chi connectivity index (χ4n) is 5.52. The van der Waals surface area contributed by atoms with Crippen LogP contribution in [0.15, 0.2) is 0 Å². The number of hydrogen-bond acceptors (Lipinski definition) is 0. The van der Waals surface area contributed by atoms with Crippen molar-refractivity contribution in [3.8, 4) is 0 Å². The minimum Gasteiger partial charge on any atom is -0.0654 e. The van der Waals surface area contributed by atoms with E-state index in [4.69, 9.17) is 0 Å². The fraction of sp³-hybridized carbons (Fsp3) is 1.00. The molecule has 0 bridgehead atoms. The monoisotopic (exact) mass is 420 g/mol. The predicted molar refractivity (Wildman–Crippen MR) is 138 cm³/mol. The summed E-state index contributed by atoms with van der Waals surface area (Å²) in [7, 11) is 0. The van der Waals surface area contributed by atoms with Crippen molar-refractivity contribution in [1.29, 1.82) is 0 Å². The topological polar surface area (TPSA) is 0 Å². The van der Waals surface area contributed by atoms with E-state index in [1.165, 1.54) is 161 Å². The number of unbranched alkanes of at least 4 members (excludes halogenated alkanes) is 22. The van der Waals surface area contributed by atoms with Crippen LogP contribution in [-0.4, -0.2) is 0 Å². The molecule has 1 rings (SSSR count). The molecule has 0 heteroatoms. The Kier molecular flexibility index (Phi) is 22.1. The third kappa shape index (κ3) is 19.9. The zero-order valence-corrected chi connectivity index (χ0v) is 21.4. The predicted octanol–water partition coefficient (Wildman–Crippen LogP) is 11.6. The van der Waals surface area contributed by atoms with Gasteiger partial charge in [-0.05, 0) is 5.92 Å². The Morgan fingerprint density at radius 1 is 0.367 bits per heavy atom. The van der Waals surface area contributed by atoms with Crippen molar-refractivity contribution in [2.45, 2.75) is 187 Å². The Hall–Kier alpha value is 0. The Balaban J connectivity index is 1.61. The van der Waals surface area contributed by atoms with Gasteiger partial charge in [-0.1, -0.05) is 187 Å². The lowest BCUT2D eigenvalue weighted by Gasteiger charge is -2.08. The van der Waals surface area contributed by atoms with E-state index in [2.05, 4.69) is 6.92 Å². The van der Waals surface area contributed by atoms with Crippen molar-refractivity contribution in [2.24, 2.45) is 5.92 Å². The van der Waals surface area contributed by atoms with Gasteiger partial charge < -0.3 is 0 Å². The second kappa shape index (κ2) is 23.7. The molecule has 0 aromatic carbocycles. The number of rotatable bonds is 24. The van der Waals surface area contributed by atoms with Gasteiger partial charge in [0.1, 0.15) is 0 Å². The van der Waals surface area contributed by atoms with Gasteiger partial charge in [-0.15, -0.1) is 0 Å². The van der Waals surface area contributed by atoms with Gasteiger partial charge in [-0.2, -0.15) is 0 Å². The summed E-state index contributed by atoms with van der Waals surface area (Å²) in [5.41, 5.74) is 0. The summed E-state index contributed by atoms with van der Waals surface area (Å²) in [5, 5.41) is 0. The third-order valence-electron chi connectivity index (χ3n) is 7.69. The van der Waals surface area contributed by atoms with Gasteiger partial charge >= 0.3 is 0 Å². The summed E-state index contributed by atoms with van der Waals surface area (Å²) in [5.74, 6) is 1.11. The van der Waals surface area contributed by atoms with Crippen molar-refractivity contribution in [2.75, 3.05) is 0 Å². The molecule has 30 heavy (non-hydrogen) atoms. The summed E-state index contributed by atoms with van der Waals surface area (Å²) < 4.78 is 0. The largest absolute Gasteiger partial charge is 0.0654 e. The van der Waals surface area contributed by atoms with Crippen LogP contribution in [-0.2, 0) is 0 Å².